The van der Waals surface area contributed by atoms with Crippen LogP contribution in [0.3, 0.4) is 0 Å². The number of carbonyl (C=O) groups excluding carboxylic acids is 1. The molecular weight excluding hydrogens is 453 g/mol. The van der Waals surface area contributed by atoms with E-state index in [4.69, 9.17) is 0 Å². The Kier molecular flexibility index (Phi) is 7.11. The number of rotatable bonds is 6. The third-order valence-corrected chi connectivity index (χ3v) is 7.82. The molecule has 3 aromatic rings. The Hall–Kier alpha value is -3.07. The lowest BCUT2D eigenvalue weighted by atomic mass is 10.0. The number of hydrogen-bond donors (Lipinski definition) is 1. The maximum atomic E-state index is 13.6. The van der Waals surface area contributed by atoms with Gasteiger partial charge in [-0.25, -0.2) is 12.8 Å². The van der Waals surface area contributed by atoms with Crippen LogP contribution in [-0.4, -0.2) is 49.7 Å². The van der Waals surface area contributed by atoms with Crippen molar-refractivity contribution in [2.24, 2.45) is 0 Å². The zero-order valence-electron chi connectivity index (χ0n) is 19.2. The smallest absolute Gasteiger partial charge is 0.246 e. The second-order valence-corrected chi connectivity index (χ2v) is 10.5. The fourth-order valence-corrected chi connectivity index (χ4v) is 5.85. The molecule has 1 fully saturated rings. The molecule has 0 spiro atoms. The predicted molar refractivity (Wildman–Crippen MR) is 130 cm³/mol. The molecule has 1 saturated heterocycles. The van der Waals surface area contributed by atoms with Gasteiger partial charge in [0.05, 0.1) is 4.90 Å². The van der Waals surface area contributed by atoms with Gasteiger partial charge in [0.15, 0.2) is 0 Å². The molecule has 0 aliphatic carbocycles. The van der Waals surface area contributed by atoms with Crippen molar-refractivity contribution in [3.8, 4) is 0 Å². The Morgan fingerprint density at radius 2 is 1.53 bits per heavy atom. The van der Waals surface area contributed by atoms with Crippen molar-refractivity contribution >= 4 is 21.6 Å². The van der Waals surface area contributed by atoms with Gasteiger partial charge in [-0.05, 0) is 60.9 Å². The Labute approximate surface area is 200 Å². The van der Waals surface area contributed by atoms with Gasteiger partial charge in [-0.3, -0.25) is 9.69 Å². The molecule has 4 rings (SSSR count). The standard InChI is InChI=1S/C26H28FN3O3S/c1-19-15-20(2)17-23(16-19)28-26(31)25(21-7-4-3-5-8-21)29-11-13-30(14-12-29)34(32,33)24-10-6-9-22(27)18-24/h3-10,15-18,25H,11-14H2,1-2H3,(H,28,31)/t25-/m0/s1. The van der Waals surface area contributed by atoms with E-state index < -0.39 is 21.9 Å². The lowest BCUT2D eigenvalue weighted by Crippen LogP contribution is -2.51. The summed E-state index contributed by atoms with van der Waals surface area (Å²) in [7, 11) is -3.81. The summed E-state index contributed by atoms with van der Waals surface area (Å²) < 4.78 is 40.9. The van der Waals surface area contributed by atoms with Crippen LogP contribution in [0.25, 0.3) is 0 Å². The van der Waals surface area contributed by atoms with Crippen LogP contribution < -0.4 is 5.32 Å². The number of benzene rings is 3. The average Bonchev–Trinajstić information content (AvgIpc) is 2.79. The zero-order chi connectivity index (χ0) is 24.3. The second-order valence-electron chi connectivity index (χ2n) is 8.58. The molecule has 6 nitrogen and oxygen atoms in total. The van der Waals surface area contributed by atoms with E-state index in [0.29, 0.717) is 13.1 Å². The summed E-state index contributed by atoms with van der Waals surface area (Å²) in [5.41, 5.74) is 3.69. The summed E-state index contributed by atoms with van der Waals surface area (Å²) in [6.07, 6.45) is 0. The number of sulfonamides is 1. The summed E-state index contributed by atoms with van der Waals surface area (Å²) in [5, 5.41) is 3.04. The van der Waals surface area contributed by atoms with E-state index in [9.17, 15) is 17.6 Å². The molecule has 0 unspecified atom stereocenters. The van der Waals surface area contributed by atoms with Crippen molar-refractivity contribution in [3.63, 3.8) is 0 Å². The van der Waals surface area contributed by atoms with E-state index in [0.717, 1.165) is 28.4 Å². The van der Waals surface area contributed by atoms with E-state index in [-0.39, 0.29) is 23.9 Å². The van der Waals surface area contributed by atoms with Gasteiger partial charge in [-0.1, -0.05) is 42.5 Å². The first-order valence-corrected chi connectivity index (χ1v) is 12.6. The average molecular weight is 482 g/mol. The highest BCUT2D eigenvalue weighted by Gasteiger charge is 2.34. The summed E-state index contributed by atoms with van der Waals surface area (Å²) in [4.78, 5) is 15.4. The van der Waals surface area contributed by atoms with Gasteiger partial charge in [0.25, 0.3) is 0 Å². The SMILES string of the molecule is Cc1cc(C)cc(NC(=O)[C@H](c2ccccc2)N2CCN(S(=O)(=O)c3cccc(F)c3)CC2)c1. The molecule has 1 atom stereocenters. The topological polar surface area (TPSA) is 69.7 Å². The maximum absolute atomic E-state index is 13.6. The highest BCUT2D eigenvalue weighted by Crippen LogP contribution is 2.27. The van der Waals surface area contributed by atoms with Crippen LogP contribution >= 0.6 is 0 Å². The van der Waals surface area contributed by atoms with E-state index in [2.05, 4.69) is 5.32 Å². The third-order valence-electron chi connectivity index (χ3n) is 5.93. The van der Waals surface area contributed by atoms with Gasteiger partial charge in [-0.2, -0.15) is 4.31 Å². The van der Waals surface area contributed by atoms with Gasteiger partial charge in [0.2, 0.25) is 15.9 Å². The van der Waals surface area contributed by atoms with E-state index in [1.807, 2.05) is 67.3 Å². The molecule has 0 saturated carbocycles. The number of aryl methyl sites for hydroxylation is 2. The zero-order valence-corrected chi connectivity index (χ0v) is 20.1. The fourth-order valence-electron chi connectivity index (χ4n) is 4.40. The van der Waals surface area contributed by atoms with Crippen molar-refractivity contribution in [1.82, 2.24) is 9.21 Å². The van der Waals surface area contributed by atoms with E-state index >= 15 is 0 Å². The largest absolute Gasteiger partial charge is 0.324 e. The lowest BCUT2D eigenvalue weighted by molar-refractivity contribution is -0.122. The molecule has 1 amide bonds. The van der Waals surface area contributed by atoms with Crippen molar-refractivity contribution in [2.75, 3.05) is 31.5 Å². The molecule has 1 heterocycles. The first kappa shape index (κ1) is 24.1. The quantitative estimate of drug-likeness (QED) is 0.575. The molecule has 3 aromatic carbocycles. The number of amides is 1. The number of hydrogen-bond acceptors (Lipinski definition) is 4. The van der Waals surface area contributed by atoms with Crippen LogP contribution in [0, 0.1) is 19.7 Å². The molecule has 1 N–H and O–H groups in total. The molecular formula is C26H28FN3O3S. The van der Waals surface area contributed by atoms with Crippen LogP contribution in [0.4, 0.5) is 10.1 Å². The first-order chi connectivity index (χ1) is 16.2. The maximum Gasteiger partial charge on any atom is 0.246 e. The van der Waals surface area contributed by atoms with Crippen molar-refractivity contribution in [2.45, 2.75) is 24.8 Å². The molecule has 1 aliphatic heterocycles. The summed E-state index contributed by atoms with van der Waals surface area (Å²) in [6, 6.07) is 19.8. The molecule has 8 heteroatoms. The molecule has 0 radical (unpaired) electrons. The van der Waals surface area contributed by atoms with Crippen LogP contribution in [0.5, 0.6) is 0 Å². The Bertz CT molecular complexity index is 1250. The van der Waals surface area contributed by atoms with E-state index in [1.54, 1.807) is 0 Å². The number of nitrogens with one attached hydrogen (secondary N) is 1. The number of nitrogens with zero attached hydrogens (tertiary/aromatic N) is 2. The highest BCUT2D eigenvalue weighted by molar-refractivity contribution is 7.89. The van der Waals surface area contributed by atoms with Crippen LogP contribution in [0.2, 0.25) is 0 Å². The number of piperazine rings is 1. The number of carbonyl (C=O) groups is 1. The van der Waals surface area contributed by atoms with Crippen LogP contribution in [0.1, 0.15) is 22.7 Å². The number of anilines is 1. The second kappa shape index (κ2) is 10.0. The van der Waals surface area contributed by atoms with Gasteiger partial charge < -0.3 is 5.32 Å². The Morgan fingerprint density at radius 1 is 0.882 bits per heavy atom. The summed E-state index contributed by atoms with van der Waals surface area (Å²) >= 11 is 0. The number of halogens is 1. The van der Waals surface area contributed by atoms with Gasteiger partial charge in [0, 0.05) is 31.9 Å². The van der Waals surface area contributed by atoms with Crippen molar-refractivity contribution < 1.29 is 17.6 Å². The molecule has 34 heavy (non-hydrogen) atoms. The minimum Gasteiger partial charge on any atom is -0.324 e. The van der Waals surface area contributed by atoms with Gasteiger partial charge in [0.1, 0.15) is 11.9 Å². The minimum atomic E-state index is -3.81. The molecule has 1 aliphatic rings. The Balaban J connectivity index is 1.54. The minimum absolute atomic E-state index is 0.0619. The fraction of sp³-hybridized carbons (Fsp3) is 0.269. The monoisotopic (exact) mass is 481 g/mol. The third kappa shape index (κ3) is 5.35. The predicted octanol–water partition coefficient (Wildman–Crippen LogP) is 4.13. The van der Waals surface area contributed by atoms with E-state index in [1.165, 1.54) is 22.5 Å². The van der Waals surface area contributed by atoms with Crippen LogP contribution in [0.15, 0.2) is 77.7 Å². The normalized spacial score (nSPS) is 16.2. The van der Waals surface area contributed by atoms with Crippen LogP contribution in [-0.2, 0) is 14.8 Å². The lowest BCUT2D eigenvalue weighted by Gasteiger charge is -2.38. The van der Waals surface area contributed by atoms with Gasteiger partial charge in [-0.15, -0.1) is 0 Å². The van der Waals surface area contributed by atoms with Gasteiger partial charge >= 0.3 is 0 Å². The molecule has 0 aromatic heterocycles. The van der Waals surface area contributed by atoms with Crippen molar-refractivity contribution in [3.05, 3.63) is 95.3 Å². The molecule has 0 bridgehead atoms. The highest BCUT2D eigenvalue weighted by atomic mass is 32.2. The summed E-state index contributed by atoms with van der Waals surface area (Å²) in [5.74, 6) is -0.760. The first-order valence-electron chi connectivity index (χ1n) is 11.2. The molecule has 178 valence electrons. The van der Waals surface area contributed by atoms with Crippen molar-refractivity contribution in [1.29, 1.82) is 0 Å². The summed E-state index contributed by atoms with van der Waals surface area (Å²) in [6.45, 7) is 5.12. The Morgan fingerprint density at radius 3 is 2.15 bits per heavy atom.